The fourth-order valence-electron chi connectivity index (χ4n) is 3.29. The molecule has 0 spiro atoms. The van der Waals surface area contributed by atoms with Crippen molar-refractivity contribution in [1.82, 2.24) is 10.2 Å². The van der Waals surface area contributed by atoms with Crippen LogP contribution in [0.2, 0.25) is 0 Å². The van der Waals surface area contributed by atoms with E-state index >= 15 is 0 Å². The zero-order valence-corrected chi connectivity index (χ0v) is 12.8. The van der Waals surface area contributed by atoms with E-state index in [1.165, 1.54) is 37.2 Å². The molecule has 2 aliphatic rings. The van der Waals surface area contributed by atoms with Gasteiger partial charge >= 0.3 is 0 Å². The number of nitrogens with one attached hydrogen (secondary N) is 1. The first-order valence-corrected chi connectivity index (χ1v) is 7.99. The molecule has 2 saturated heterocycles. The SMILES string of the molecule is CC1CC[C@H](c2cccc(N3CCN(C)CC3)c2)NC1. The van der Waals surface area contributed by atoms with E-state index < -0.39 is 0 Å². The normalized spacial score (nSPS) is 28.6. The molecule has 0 aliphatic carbocycles. The third-order valence-corrected chi connectivity index (χ3v) is 4.80. The Kier molecular flexibility index (Phi) is 4.27. The van der Waals surface area contributed by atoms with Crippen molar-refractivity contribution in [2.45, 2.75) is 25.8 Å². The molecule has 0 saturated carbocycles. The summed E-state index contributed by atoms with van der Waals surface area (Å²) in [6, 6.07) is 9.73. The topological polar surface area (TPSA) is 18.5 Å². The van der Waals surface area contributed by atoms with Gasteiger partial charge in [0.2, 0.25) is 0 Å². The zero-order valence-electron chi connectivity index (χ0n) is 12.8. The van der Waals surface area contributed by atoms with Gasteiger partial charge in [-0.3, -0.25) is 0 Å². The number of nitrogens with zero attached hydrogens (tertiary/aromatic N) is 2. The van der Waals surface area contributed by atoms with Crippen molar-refractivity contribution in [3.05, 3.63) is 29.8 Å². The van der Waals surface area contributed by atoms with Crippen LogP contribution in [0.1, 0.15) is 31.4 Å². The number of rotatable bonds is 2. The lowest BCUT2D eigenvalue weighted by Gasteiger charge is -2.35. The first-order valence-electron chi connectivity index (χ1n) is 7.99. The largest absolute Gasteiger partial charge is 0.369 e. The van der Waals surface area contributed by atoms with Crippen molar-refractivity contribution in [3.63, 3.8) is 0 Å². The summed E-state index contributed by atoms with van der Waals surface area (Å²) in [5, 5.41) is 3.70. The van der Waals surface area contributed by atoms with Gasteiger partial charge in [-0.15, -0.1) is 0 Å². The Hall–Kier alpha value is -1.06. The van der Waals surface area contributed by atoms with Crippen molar-refractivity contribution in [1.29, 1.82) is 0 Å². The Morgan fingerprint density at radius 2 is 1.90 bits per heavy atom. The van der Waals surface area contributed by atoms with Gasteiger partial charge in [-0.2, -0.15) is 0 Å². The molecular formula is C17H27N3. The monoisotopic (exact) mass is 273 g/mol. The molecule has 0 radical (unpaired) electrons. The highest BCUT2D eigenvalue weighted by atomic mass is 15.2. The zero-order chi connectivity index (χ0) is 13.9. The summed E-state index contributed by atoms with van der Waals surface area (Å²) in [5.74, 6) is 0.826. The summed E-state index contributed by atoms with van der Waals surface area (Å²) >= 11 is 0. The standard InChI is InChI=1S/C17H27N3/c1-14-6-7-17(18-13-14)15-4-3-5-16(12-15)20-10-8-19(2)9-11-20/h3-5,12,14,17-18H,6-11,13H2,1-2H3/t14?,17-/m1/s1. The summed E-state index contributed by atoms with van der Waals surface area (Å²) in [6.45, 7) is 8.13. The van der Waals surface area contributed by atoms with Gasteiger partial charge in [0.1, 0.15) is 0 Å². The molecule has 3 heteroatoms. The fraction of sp³-hybridized carbons (Fsp3) is 0.647. The van der Waals surface area contributed by atoms with Gasteiger partial charge in [0.25, 0.3) is 0 Å². The van der Waals surface area contributed by atoms with Crippen LogP contribution >= 0.6 is 0 Å². The quantitative estimate of drug-likeness (QED) is 0.893. The van der Waals surface area contributed by atoms with Crippen LogP contribution in [0.15, 0.2) is 24.3 Å². The maximum atomic E-state index is 3.70. The van der Waals surface area contributed by atoms with Gasteiger partial charge in [0, 0.05) is 37.9 Å². The molecular weight excluding hydrogens is 246 g/mol. The Bertz CT molecular complexity index is 392. The minimum Gasteiger partial charge on any atom is -0.369 e. The molecule has 2 fully saturated rings. The molecule has 3 rings (SSSR count). The lowest BCUT2D eigenvalue weighted by atomic mass is 9.92. The number of anilines is 1. The van der Waals surface area contributed by atoms with Crippen LogP contribution in [0.3, 0.4) is 0 Å². The number of likely N-dealkylation sites (N-methyl/N-ethyl adjacent to an activating group) is 1. The van der Waals surface area contributed by atoms with Crippen molar-refractivity contribution in [3.8, 4) is 0 Å². The van der Waals surface area contributed by atoms with Gasteiger partial charge in [-0.1, -0.05) is 19.1 Å². The van der Waals surface area contributed by atoms with Crippen molar-refractivity contribution >= 4 is 5.69 Å². The first kappa shape index (κ1) is 13.9. The van der Waals surface area contributed by atoms with Crippen LogP contribution in [0.25, 0.3) is 0 Å². The van der Waals surface area contributed by atoms with Crippen LogP contribution in [-0.4, -0.2) is 44.7 Å². The Labute approximate surface area is 123 Å². The highest BCUT2D eigenvalue weighted by Crippen LogP contribution is 2.28. The second kappa shape index (κ2) is 6.15. The summed E-state index contributed by atoms with van der Waals surface area (Å²) < 4.78 is 0. The Morgan fingerprint density at radius 3 is 2.60 bits per heavy atom. The van der Waals surface area contributed by atoms with Crippen LogP contribution < -0.4 is 10.2 Å². The molecule has 1 aromatic rings. The van der Waals surface area contributed by atoms with E-state index in [1.54, 1.807) is 0 Å². The molecule has 0 aromatic heterocycles. The highest BCUT2D eigenvalue weighted by Gasteiger charge is 2.20. The second-order valence-electron chi connectivity index (χ2n) is 6.53. The first-order chi connectivity index (χ1) is 9.72. The number of piperidine rings is 1. The molecule has 2 aliphatic heterocycles. The molecule has 20 heavy (non-hydrogen) atoms. The molecule has 3 nitrogen and oxygen atoms in total. The summed E-state index contributed by atoms with van der Waals surface area (Å²) in [6.07, 6.45) is 2.61. The van der Waals surface area contributed by atoms with E-state index in [0.717, 1.165) is 25.6 Å². The summed E-state index contributed by atoms with van der Waals surface area (Å²) in [7, 11) is 2.21. The van der Waals surface area contributed by atoms with E-state index in [1.807, 2.05) is 0 Å². The molecule has 2 heterocycles. The van der Waals surface area contributed by atoms with Gasteiger partial charge in [0.05, 0.1) is 0 Å². The van der Waals surface area contributed by atoms with Crippen molar-refractivity contribution in [2.75, 3.05) is 44.7 Å². The minimum atomic E-state index is 0.554. The van der Waals surface area contributed by atoms with Crippen molar-refractivity contribution in [2.24, 2.45) is 5.92 Å². The second-order valence-corrected chi connectivity index (χ2v) is 6.53. The van der Waals surface area contributed by atoms with Crippen LogP contribution in [0.5, 0.6) is 0 Å². The fourth-order valence-corrected chi connectivity index (χ4v) is 3.29. The van der Waals surface area contributed by atoms with E-state index in [0.29, 0.717) is 6.04 Å². The van der Waals surface area contributed by atoms with Crippen LogP contribution in [0, 0.1) is 5.92 Å². The van der Waals surface area contributed by atoms with E-state index in [9.17, 15) is 0 Å². The van der Waals surface area contributed by atoms with E-state index in [4.69, 9.17) is 0 Å². The average molecular weight is 273 g/mol. The predicted molar refractivity (Wildman–Crippen MR) is 85.3 cm³/mol. The van der Waals surface area contributed by atoms with Crippen molar-refractivity contribution < 1.29 is 0 Å². The predicted octanol–water partition coefficient (Wildman–Crippen LogP) is 2.50. The number of benzene rings is 1. The van der Waals surface area contributed by atoms with Gasteiger partial charge in [-0.05, 0) is 50.0 Å². The molecule has 0 amide bonds. The summed E-state index contributed by atoms with van der Waals surface area (Å²) in [5.41, 5.74) is 2.87. The van der Waals surface area contributed by atoms with Gasteiger partial charge in [-0.25, -0.2) is 0 Å². The van der Waals surface area contributed by atoms with E-state index in [-0.39, 0.29) is 0 Å². The Morgan fingerprint density at radius 1 is 1.10 bits per heavy atom. The molecule has 1 aromatic carbocycles. The lowest BCUT2D eigenvalue weighted by molar-refractivity contribution is 0.312. The number of hydrogen-bond donors (Lipinski definition) is 1. The van der Waals surface area contributed by atoms with Gasteiger partial charge < -0.3 is 15.1 Å². The smallest absolute Gasteiger partial charge is 0.0370 e. The average Bonchev–Trinajstić information content (AvgIpc) is 2.49. The lowest BCUT2D eigenvalue weighted by Crippen LogP contribution is -2.44. The molecule has 1 N–H and O–H groups in total. The molecule has 2 atom stereocenters. The molecule has 110 valence electrons. The number of hydrogen-bond acceptors (Lipinski definition) is 3. The van der Waals surface area contributed by atoms with Gasteiger partial charge in [0.15, 0.2) is 0 Å². The maximum Gasteiger partial charge on any atom is 0.0370 e. The number of piperazine rings is 1. The third kappa shape index (κ3) is 3.15. The molecule has 1 unspecified atom stereocenters. The van der Waals surface area contributed by atoms with E-state index in [2.05, 4.69) is 53.4 Å². The van der Waals surface area contributed by atoms with Crippen LogP contribution in [0.4, 0.5) is 5.69 Å². The van der Waals surface area contributed by atoms with Crippen LogP contribution in [-0.2, 0) is 0 Å². The summed E-state index contributed by atoms with van der Waals surface area (Å²) in [4.78, 5) is 4.93. The Balaban J connectivity index is 1.69. The third-order valence-electron chi connectivity index (χ3n) is 4.80. The minimum absolute atomic E-state index is 0.554. The highest BCUT2D eigenvalue weighted by molar-refractivity contribution is 5.49. The molecule has 0 bridgehead atoms. The maximum absolute atomic E-state index is 3.70.